The van der Waals surface area contributed by atoms with E-state index in [0.29, 0.717) is 6.04 Å². The Morgan fingerprint density at radius 2 is 2.06 bits per heavy atom. The maximum atomic E-state index is 5.36. The van der Waals surface area contributed by atoms with Gasteiger partial charge >= 0.3 is 0 Å². The van der Waals surface area contributed by atoms with E-state index in [0.717, 1.165) is 30.0 Å². The van der Waals surface area contributed by atoms with E-state index in [4.69, 9.17) is 12.2 Å². The summed E-state index contributed by atoms with van der Waals surface area (Å²) in [6, 6.07) is 0.413. The molecule has 0 radical (unpaired) electrons. The largest absolute Gasteiger partial charge is 0.301 e. The van der Waals surface area contributed by atoms with Crippen molar-refractivity contribution in [1.82, 2.24) is 19.7 Å². The summed E-state index contributed by atoms with van der Waals surface area (Å²) >= 11 is 5.36. The molecule has 0 amide bonds. The number of H-pyrrole nitrogens is 1. The van der Waals surface area contributed by atoms with Gasteiger partial charge in [-0.2, -0.15) is 5.10 Å². The number of hydrogen-bond donors (Lipinski definition) is 1. The van der Waals surface area contributed by atoms with E-state index >= 15 is 0 Å². The summed E-state index contributed by atoms with van der Waals surface area (Å²) in [5.74, 6) is 1.10. The van der Waals surface area contributed by atoms with Crippen LogP contribution in [0.3, 0.4) is 0 Å². The Kier molecular flexibility index (Phi) is 4.95. The number of piperidine rings is 1. The molecule has 1 atom stereocenters. The first kappa shape index (κ1) is 13.7. The topological polar surface area (TPSA) is 36.9 Å². The highest BCUT2D eigenvalue weighted by molar-refractivity contribution is 7.71. The van der Waals surface area contributed by atoms with Gasteiger partial charge < -0.3 is 9.47 Å². The van der Waals surface area contributed by atoms with E-state index in [1.807, 2.05) is 0 Å². The molecule has 4 nitrogen and oxygen atoms in total. The predicted octanol–water partition coefficient (Wildman–Crippen LogP) is 2.94. The molecule has 0 aliphatic carbocycles. The third-order valence-corrected chi connectivity index (χ3v) is 3.95. The third kappa shape index (κ3) is 3.20. The van der Waals surface area contributed by atoms with E-state index < -0.39 is 0 Å². The van der Waals surface area contributed by atoms with Crippen LogP contribution in [0.2, 0.25) is 0 Å². The van der Waals surface area contributed by atoms with Gasteiger partial charge in [0.1, 0.15) is 5.82 Å². The summed E-state index contributed by atoms with van der Waals surface area (Å²) in [7, 11) is 0. The lowest BCUT2D eigenvalue weighted by atomic mass is 10.1. The molecule has 18 heavy (non-hydrogen) atoms. The first-order valence-corrected chi connectivity index (χ1v) is 7.51. The molecule has 1 aliphatic rings. The smallest absolute Gasteiger partial charge is 0.195 e. The zero-order valence-corrected chi connectivity index (χ0v) is 12.3. The van der Waals surface area contributed by atoms with Crippen LogP contribution in [0, 0.1) is 4.77 Å². The van der Waals surface area contributed by atoms with Gasteiger partial charge in [0.2, 0.25) is 0 Å². The Bertz CT molecular complexity index is 417. The standard InChI is InChI=1S/C13H24N4S/c1-3-7-12-14-15-13(18)17(12)11(2)10-16-8-5-4-6-9-16/h11H,3-10H2,1-2H3,(H,15,18). The van der Waals surface area contributed by atoms with E-state index in [1.165, 1.54) is 32.4 Å². The number of aryl methyl sites for hydroxylation is 1. The number of nitrogens with zero attached hydrogens (tertiary/aromatic N) is 3. The summed E-state index contributed by atoms with van der Waals surface area (Å²) < 4.78 is 2.97. The average Bonchev–Trinajstić information content (AvgIpc) is 2.72. The molecule has 0 spiro atoms. The zero-order chi connectivity index (χ0) is 13.0. The molecule has 1 fully saturated rings. The van der Waals surface area contributed by atoms with Crippen LogP contribution < -0.4 is 0 Å². The van der Waals surface area contributed by atoms with Crippen molar-refractivity contribution in [3.63, 3.8) is 0 Å². The molecule has 0 aromatic carbocycles. The molecule has 1 aromatic heterocycles. The molecular weight excluding hydrogens is 244 g/mol. The second-order valence-corrected chi connectivity index (χ2v) is 5.66. The van der Waals surface area contributed by atoms with Gasteiger partial charge in [0.05, 0.1) is 0 Å². The molecule has 1 N–H and O–H groups in total. The number of aromatic nitrogens is 3. The van der Waals surface area contributed by atoms with Crippen LogP contribution in [-0.4, -0.2) is 39.3 Å². The number of hydrogen-bond acceptors (Lipinski definition) is 3. The Hall–Kier alpha value is -0.680. The highest BCUT2D eigenvalue weighted by Gasteiger charge is 2.17. The van der Waals surface area contributed by atoms with Crippen molar-refractivity contribution in [2.45, 2.75) is 52.0 Å². The lowest BCUT2D eigenvalue weighted by molar-refractivity contribution is 0.200. The minimum absolute atomic E-state index is 0.413. The van der Waals surface area contributed by atoms with Gasteiger partial charge in [0.25, 0.3) is 0 Å². The molecule has 0 bridgehead atoms. The number of rotatable bonds is 5. The molecule has 2 heterocycles. The molecule has 1 saturated heterocycles. The molecule has 102 valence electrons. The van der Waals surface area contributed by atoms with Crippen LogP contribution >= 0.6 is 12.2 Å². The van der Waals surface area contributed by atoms with Crippen molar-refractivity contribution in [3.8, 4) is 0 Å². The Balaban J connectivity index is 2.05. The van der Waals surface area contributed by atoms with Crippen molar-refractivity contribution in [2.24, 2.45) is 0 Å². The van der Waals surface area contributed by atoms with E-state index in [-0.39, 0.29) is 0 Å². The van der Waals surface area contributed by atoms with Gasteiger partial charge in [0, 0.05) is 19.0 Å². The molecule has 5 heteroatoms. The number of nitrogens with one attached hydrogen (secondary N) is 1. The fourth-order valence-corrected chi connectivity index (χ4v) is 3.12. The molecule has 0 saturated carbocycles. The van der Waals surface area contributed by atoms with Gasteiger partial charge in [-0.1, -0.05) is 13.3 Å². The summed E-state index contributed by atoms with van der Waals surface area (Å²) in [6.45, 7) is 7.98. The first-order valence-electron chi connectivity index (χ1n) is 7.10. The minimum atomic E-state index is 0.413. The third-order valence-electron chi connectivity index (χ3n) is 3.66. The van der Waals surface area contributed by atoms with Gasteiger partial charge in [-0.05, 0) is 51.5 Å². The van der Waals surface area contributed by atoms with Gasteiger partial charge in [-0.3, -0.25) is 5.10 Å². The fourth-order valence-electron chi connectivity index (χ4n) is 2.79. The average molecular weight is 268 g/mol. The molecular formula is C13H24N4S. The monoisotopic (exact) mass is 268 g/mol. The molecule has 1 unspecified atom stereocenters. The molecule has 1 aliphatic heterocycles. The van der Waals surface area contributed by atoms with Crippen LogP contribution in [0.4, 0.5) is 0 Å². The van der Waals surface area contributed by atoms with Gasteiger partial charge in [-0.15, -0.1) is 0 Å². The van der Waals surface area contributed by atoms with Crippen molar-refractivity contribution in [2.75, 3.05) is 19.6 Å². The number of likely N-dealkylation sites (tertiary alicyclic amines) is 1. The van der Waals surface area contributed by atoms with Crippen molar-refractivity contribution in [1.29, 1.82) is 0 Å². The van der Waals surface area contributed by atoms with E-state index in [2.05, 4.69) is 33.5 Å². The second-order valence-electron chi connectivity index (χ2n) is 5.28. The van der Waals surface area contributed by atoms with Crippen LogP contribution in [0.15, 0.2) is 0 Å². The van der Waals surface area contributed by atoms with Crippen molar-refractivity contribution in [3.05, 3.63) is 10.6 Å². The van der Waals surface area contributed by atoms with Crippen LogP contribution in [0.1, 0.15) is 51.4 Å². The number of aromatic amines is 1. The lowest BCUT2D eigenvalue weighted by Crippen LogP contribution is -2.34. The summed E-state index contributed by atoms with van der Waals surface area (Å²) in [4.78, 5) is 2.55. The maximum absolute atomic E-state index is 5.36. The zero-order valence-electron chi connectivity index (χ0n) is 11.5. The Labute approximate surface area is 114 Å². The van der Waals surface area contributed by atoms with Crippen LogP contribution in [0.25, 0.3) is 0 Å². The Morgan fingerprint density at radius 1 is 1.33 bits per heavy atom. The lowest BCUT2D eigenvalue weighted by Gasteiger charge is -2.29. The van der Waals surface area contributed by atoms with Crippen LogP contribution in [-0.2, 0) is 6.42 Å². The second kappa shape index (κ2) is 6.48. The Morgan fingerprint density at radius 3 is 2.72 bits per heavy atom. The normalized spacial score (nSPS) is 19.0. The molecule has 2 rings (SSSR count). The summed E-state index contributed by atoms with van der Waals surface area (Å²) in [5.41, 5.74) is 0. The van der Waals surface area contributed by atoms with Crippen molar-refractivity contribution >= 4 is 12.2 Å². The SMILES string of the molecule is CCCc1n[nH]c(=S)n1C(C)CN1CCCCC1. The van der Waals surface area contributed by atoms with E-state index in [1.54, 1.807) is 0 Å². The predicted molar refractivity (Wildman–Crippen MR) is 76.4 cm³/mol. The summed E-state index contributed by atoms with van der Waals surface area (Å²) in [5, 5.41) is 7.28. The highest BCUT2D eigenvalue weighted by atomic mass is 32.1. The van der Waals surface area contributed by atoms with E-state index in [9.17, 15) is 0 Å². The van der Waals surface area contributed by atoms with Crippen molar-refractivity contribution < 1.29 is 0 Å². The quantitative estimate of drug-likeness (QED) is 0.834. The molecule has 1 aromatic rings. The van der Waals surface area contributed by atoms with Gasteiger partial charge in [0.15, 0.2) is 4.77 Å². The van der Waals surface area contributed by atoms with Crippen LogP contribution in [0.5, 0.6) is 0 Å². The maximum Gasteiger partial charge on any atom is 0.195 e. The first-order chi connectivity index (χ1) is 8.72. The minimum Gasteiger partial charge on any atom is -0.301 e. The fraction of sp³-hybridized carbons (Fsp3) is 0.846. The summed E-state index contributed by atoms with van der Waals surface area (Å²) in [6.07, 6.45) is 6.17. The van der Waals surface area contributed by atoms with Gasteiger partial charge in [-0.25, -0.2) is 0 Å². The highest BCUT2D eigenvalue weighted by Crippen LogP contribution is 2.16.